The SMILES string of the molecule is CCCCOc1ccc(C(=O)Nc2ccc3nc(SCC(=O)c4ccc(-c5ccccc5)cc4)sc3c2)cc1. The number of fused-ring (bicyclic) bond motifs is 1. The molecule has 39 heavy (non-hydrogen) atoms. The number of Topliss-reactive ketones (excluding diaryl/α,β-unsaturated/α-hetero) is 1. The standard InChI is InChI=1S/C32H28N2O3S2/c1-2-3-19-37-27-16-13-25(14-17-27)31(36)33-26-15-18-28-30(20-26)39-32(34-28)38-21-29(35)24-11-9-23(10-12-24)22-7-5-4-6-8-22/h4-18,20H,2-3,19,21H2,1H3,(H,33,36). The fourth-order valence-electron chi connectivity index (χ4n) is 3.97. The number of rotatable bonds is 11. The van der Waals surface area contributed by atoms with Gasteiger partial charge in [0.05, 0.1) is 22.6 Å². The maximum Gasteiger partial charge on any atom is 0.255 e. The van der Waals surface area contributed by atoms with E-state index >= 15 is 0 Å². The van der Waals surface area contributed by atoms with Gasteiger partial charge in [0.2, 0.25) is 0 Å². The van der Waals surface area contributed by atoms with E-state index < -0.39 is 0 Å². The molecule has 0 aliphatic heterocycles. The van der Waals surface area contributed by atoms with Gasteiger partial charge in [0.15, 0.2) is 10.1 Å². The maximum atomic E-state index is 12.8. The number of hydrogen-bond acceptors (Lipinski definition) is 6. The number of thioether (sulfide) groups is 1. The molecule has 0 aliphatic carbocycles. The first kappa shape index (κ1) is 26.7. The molecule has 5 nitrogen and oxygen atoms in total. The zero-order valence-electron chi connectivity index (χ0n) is 21.6. The van der Waals surface area contributed by atoms with E-state index in [0.29, 0.717) is 29.2 Å². The van der Waals surface area contributed by atoms with Crippen molar-refractivity contribution < 1.29 is 14.3 Å². The number of anilines is 1. The number of amides is 1. The average Bonchev–Trinajstić information content (AvgIpc) is 3.39. The highest BCUT2D eigenvalue weighted by Gasteiger charge is 2.12. The van der Waals surface area contributed by atoms with Crippen LogP contribution in [0.3, 0.4) is 0 Å². The van der Waals surface area contributed by atoms with Gasteiger partial charge in [-0.1, -0.05) is 79.7 Å². The number of thiazole rings is 1. The third kappa shape index (κ3) is 6.93. The molecule has 7 heteroatoms. The number of nitrogens with zero attached hydrogens (tertiary/aromatic N) is 1. The van der Waals surface area contributed by atoms with Crippen LogP contribution in [0.15, 0.2) is 101 Å². The Kier molecular flexibility index (Phi) is 8.71. The Morgan fingerprint density at radius 3 is 2.33 bits per heavy atom. The molecule has 1 aromatic heterocycles. The quantitative estimate of drug-likeness (QED) is 0.101. The summed E-state index contributed by atoms with van der Waals surface area (Å²) in [5.74, 6) is 0.955. The fourth-order valence-corrected chi connectivity index (χ4v) is 5.98. The molecule has 4 aromatic carbocycles. The van der Waals surface area contributed by atoms with Gasteiger partial charge in [-0.3, -0.25) is 9.59 Å². The molecule has 5 rings (SSSR count). The maximum absolute atomic E-state index is 12.8. The number of nitrogens with one attached hydrogen (secondary N) is 1. The number of ether oxygens (including phenoxy) is 1. The zero-order valence-corrected chi connectivity index (χ0v) is 23.2. The van der Waals surface area contributed by atoms with E-state index in [2.05, 4.69) is 29.4 Å². The molecule has 196 valence electrons. The summed E-state index contributed by atoms with van der Waals surface area (Å²) in [7, 11) is 0. The van der Waals surface area contributed by atoms with Gasteiger partial charge in [0.1, 0.15) is 5.75 Å². The van der Waals surface area contributed by atoms with E-state index in [0.717, 1.165) is 44.3 Å². The van der Waals surface area contributed by atoms with E-state index in [1.165, 1.54) is 23.1 Å². The van der Waals surface area contributed by atoms with E-state index in [1.54, 1.807) is 12.1 Å². The summed E-state index contributed by atoms with van der Waals surface area (Å²) in [5, 5.41) is 2.96. The van der Waals surface area contributed by atoms with Crippen molar-refractivity contribution in [3.05, 3.63) is 108 Å². The highest BCUT2D eigenvalue weighted by atomic mass is 32.2. The minimum atomic E-state index is -0.183. The van der Waals surface area contributed by atoms with E-state index in [4.69, 9.17) is 4.74 Å². The van der Waals surface area contributed by atoms with Crippen LogP contribution in [0.1, 0.15) is 40.5 Å². The molecule has 1 heterocycles. The molecule has 0 saturated heterocycles. The van der Waals surface area contributed by atoms with Crippen molar-refractivity contribution >= 4 is 50.7 Å². The molecule has 0 unspecified atom stereocenters. The molecule has 0 fully saturated rings. The van der Waals surface area contributed by atoms with Gasteiger partial charge in [-0.15, -0.1) is 11.3 Å². The molecule has 0 bridgehead atoms. The summed E-state index contributed by atoms with van der Waals surface area (Å²) in [6.07, 6.45) is 2.08. The Bertz CT molecular complexity index is 1560. The van der Waals surface area contributed by atoms with Crippen LogP contribution in [0.4, 0.5) is 5.69 Å². The van der Waals surface area contributed by atoms with Crippen molar-refractivity contribution in [1.82, 2.24) is 4.98 Å². The van der Waals surface area contributed by atoms with Gasteiger partial charge < -0.3 is 10.1 Å². The van der Waals surface area contributed by atoms with Crippen molar-refractivity contribution in [3.63, 3.8) is 0 Å². The predicted octanol–water partition coefficient (Wildman–Crippen LogP) is 8.37. The second kappa shape index (κ2) is 12.7. The first-order valence-corrected chi connectivity index (χ1v) is 14.7. The van der Waals surface area contributed by atoms with Crippen molar-refractivity contribution in [1.29, 1.82) is 0 Å². The normalized spacial score (nSPS) is 10.9. The third-order valence-corrected chi connectivity index (χ3v) is 8.31. The Balaban J connectivity index is 1.17. The molecule has 5 aromatic rings. The summed E-state index contributed by atoms with van der Waals surface area (Å²) in [4.78, 5) is 30.2. The van der Waals surface area contributed by atoms with Crippen LogP contribution in [0.25, 0.3) is 21.3 Å². The first-order valence-electron chi connectivity index (χ1n) is 12.9. The summed E-state index contributed by atoms with van der Waals surface area (Å²) in [6, 6.07) is 30.7. The molecule has 1 N–H and O–H groups in total. The minimum absolute atomic E-state index is 0.0635. The van der Waals surface area contributed by atoms with E-state index in [1.807, 2.05) is 72.8 Å². The lowest BCUT2D eigenvalue weighted by atomic mass is 10.0. The van der Waals surface area contributed by atoms with Gasteiger partial charge in [-0.2, -0.15) is 0 Å². The Hall–Kier alpha value is -3.94. The molecular weight excluding hydrogens is 524 g/mol. The Labute approximate surface area is 236 Å². The monoisotopic (exact) mass is 552 g/mol. The average molecular weight is 553 g/mol. The number of ketones is 1. The van der Waals surface area contributed by atoms with Crippen LogP contribution in [0.2, 0.25) is 0 Å². The fraction of sp³-hybridized carbons (Fsp3) is 0.156. The molecule has 0 spiro atoms. The van der Waals surface area contributed by atoms with Gasteiger partial charge in [0, 0.05) is 16.8 Å². The van der Waals surface area contributed by atoms with Gasteiger partial charge in [-0.25, -0.2) is 4.98 Å². The number of carbonyl (C=O) groups is 2. The summed E-state index contributed by atoms with van der Waals surface area (Å²) in [6.45, 7) is 2.79. The van der Waals surface area contributed by atoms with Crippen LogP contribution in [0.5, 0.6) is 5.75 Å². The van der Waals surface area contributed by atoms with Crippen LogP contribution >= 0.6 is 23.1 Å². The third-order valence-electron chi connectivity index (χ3n) is 6.15. The molecule has 1 amide bonds. The van der Waals surface area contributed by atoms with Crippen molar-refractivity contribution in [3.8, 4) is 16.9 Å². The Morgan fingerprint density at radius 2 is 1.59 bits per heavy atom. The lowest BCUT2D eigenvalue weighted by Crippen LogP contribution is -2.11. The van der Waals surface area contributed by atoms with Crippen LogP contribution < -0.4 is 10.1 Å². The summed E-state index contributed by atoms with van der Waals surface area (Å²) < 4.78 is 7.44. The van der Waals surface area contributed by atoms with E-state index in [9.17, 15) is 9.59 Å². The molecule has 0 saturated carbocycles. The topological polar surface area (TPSA) is 68.3 Å². The highest BCUT2D eigenvalue weighted by Crippen LogP contribution is 2.32. The lowest BCUT2D eigenvalue weighted by molar-refractivity contribution is 0.101. The van der Waals surface area contributed by atoms with Crippen molar-refractivity contribution in [2.24, 2.45) is 0 Å². The number of benzene rings is 4. The molecular formula is C32H28N2O3S2. The number of unbranched alkanes of at least 4 members (excludes halogenated alkanes) is 1. The van der Waals surface area contributed by atoms with Crippen molar-refractivity contribution in [2.45, 2.75) is 24.1 Å². The highest BCUT2D eigenvalue weighted by molar-refractivity contribution is 8.01. The lowest BCUT2D eigenvalue weighted by Gasteiger charge is -2.07. The van der Waals surface area contributed by atoms with Crippen molar-refractivity contribution in [2.75, 3.05) is 17.7 Å². The minimum Gasteiger partial charge on any atom is -0.494 e. The number of carbonyl (C=O) groups excluding carboxylic acids is 2. The molecule has 0 atom stereocenters. The Morgan fingerprint density at radius 1 is 0.872 bits per heavy atom. The molecule has 0 aliphatic rings. The zero-order chi connectivity index (χ0) is 27.0. The first-order chi connectivity index (χ1) is 19.1. The summed E-state index contributed by atoms with van der Waals surface area (Å²) in [5.41, 5.74) is 5.01. The van der Waals surface area contributed by atoms with Gasteiger partial charge >= 0.3 is 0 Å². The molecule has 0 radical (unpaired) electrons. The summed E-state index contributed by atoms with van der Waals surface area (Å²) >= 11 is 2.95. The predicted molar refractivity (Wildman–Crippen MR) is 161 cm³/mol. The van der Waals surface area contributed by atoms with E-state index in [-0.39, 0.29) is 11.7 Å². The van der Waals surface area contributed by atoms with Gasteiger partial charge in [0.25, 0.3) is 5.91 Å². The van der Waals surface area contributed by atoms with Crippen LogP contribution in [0, 0.1) is 0 Å². The van der Waals surface area contributed by atoms with Gasteiger partial charge in [-0.05, 0) is 60.0 Å². The second-order valence-electron chi connectivity index (χ2n) is 9.00. The van der Waals surface area contributed by atoms with Crippen LogP contribution in [-0.2, 0) is 0 Å². The largest absolute Gasteiger partial charge is 0.494 e. The van der Waals surface area contributed by atoms with Crippen LogP contribution in [-0.4, -0.2) is 29.0 Å². The smallest absolute Gasteiger partial charge is 0.255 e. The second-order valence-corrected chi connectivity index (χ2v) is 11.3. The number of hydrogen-bond donors (Lipinski definition) is 1. The number of aromatic nitrogens is 1.